The van der Waals surface area contributed by atoms with Crippen LogP contribution in [-0.4, -0.2) is 37.6 Å². The summed E-state index contributed by atoms with van der Waals surface area (Å²) in [6.45, 7) is 2.93. The van der Waals surface area contributed by atoms with Gasteiger partial charge in [0.1, 0.15) is 0 Å². The van der Waals surface area contributed by atoms with Crippen molar-refractivity contribution in [3.8, 4) is 0 Å². The maximum absolute atomic E-state index is 11.9. The first-order valence-electron chi connectivity index (χ1n) is 9.13. The Balaban J connectivity index is 1.48. The average Bonchev–Trinajstić information content (AvgIpc) is 3.13. The van der Waals surface area contributed by atoms with E-state index in [1.54, 1.807) is 0 Å². The van der Waals surface area contributed by atoms with Gasteiger partial charge in [-0.05, 0) is 43.4 Å². The van der Waals surface area contributed by atoms with Gasteiger partial charge < -0.3 is 20.7 Å². The molecule has 0 saturated carbocycles. The third-order valence-electron chi connectivity index (χ3n) is 5.05. The Labute approximate surface area is 148 Å². The zero-order valence-corrected chi connectivity index (χ0v) is 14.6. The fourth-order valence-corrected chi connectivity index (χ4v) is 3.55. The Hall–Kier alpha value is -2.08. The smallest absolute Gasteiger partial charge is 0.222 e. The number of amides is 2. The molecule has 1 aromatic carbocycles. The number of piperidine rings is 1. The number of anilines is 1. The second-order valence-electron chi connectivity index (χ2n) is 6.97. The third-order valence-corrected chi connectivity index (χ3v) is 5.05. The molecule has 3 rings (SSSR count). The number of carbonyl (C=O) groups is 2. The van der Waals surface area contributed by atoms with E-state index in [0.717, 1.165) is 50.1 Å². The zero-order chi connectivity index (χ0) is 17.6. The number of primary amides is 1. The number of ether oxygens (including phenoxy) is 1. The van der Waals surface area contributed by atoms with Crippen LogP contribution in [0.15, 0.2) is 24.3 Å². The Kier molecular flexibility index (Phi) is 5.91. The first-order valence-corrected chi connectivity index (χ1v) is 9.13. The van der Waals surface area contributed by atoms with Crippen molar-refractivity contribution in [1.29, 1.82) is 0 Å². The predicted octanol–water partition coefficient (Wildman–Crippen LogP) is 1.57. The molecule has 2 atom stereocenters. The van der Waals surface area contributed by atoms with E-state index in [9.17, 15) is 9.59 Å². The van der Waals surface area contributed by atoms with Crippen molar-refractivity contribution < 1.29 is 14.3 Å². The molecule has 0 radical (unpaired) electrons. The van der Waals surface area contributed by atoms with Gasteiger partial charge in [0.2, 0.25) is 11.8 Å². The highest BCUT2D eigenvalue weighted by Crippen LogP contribution is 2.23. The van der Waals surface area contributed by atoms with Crippen molar-refractivity contribution in [2.24, 2.45) is 11.7 Å². The van der Waals surface area contributed by atoms with E-state index < -0.39 is 0 Å². The molecule has 6 nitrogen and oxygen atoms in total. The van der Waals surface area contributed by atoms with Gasteiger partial charge in [0.15, 0.2) is 0 Å². The minimum Gasteiger partial charge on any atom is -0.378 e. The van der Waals surface area contributed by atoms with Gasteiger partial charge in [0.05, 0.1) is 18.4 Å². The standard InChI is InChI=1S/C19H27N3O3/c20-19(24)15-3-1-9-22(13-15)16-7-5-14(6-8-16)12-21-18(23)11-17-4-2-10-25-17/h5-8,15,17H,1-4,9-13H2,(H2,20,24)(H,21,23)/t15-,17+/m1/s1. The fourth-order valence-electron chi connectivity index (χ4n) is 3.55. The van der Waals surface area contributed by atoms with Crippen LogP contribution in [0.5, 0.6) is 0 Å². The number of nitrogens with zero attached hydrogens (tertiary/aromatic N) is 1. The summed E-state index contributed by atoms with van der Waals surface area (Å²) in [4.78, 5) is 25.6. The molecule has 0 aliphatic carbocycles. The molecule has 136 valence electrons. The summed E-state index contributed by atoms with van der Waals surface area (Å²) in [6, 6.07) is 8.14. The largest absolute Gasteiger partial charge is 0.378 e. The summed E-state index contributed by atoms with van der Waals surface area (Å²) < 4.78 is 5.48. The van der Waals surface area contributed by atoms with E-state index in [4.69, 9.17) is 10.5 Å². The number of nitrogens with one attached hydrogen (secondary N) is 1. The Morgan fingerprint density at radius 3 is 2.68 bits per heavy atom. The lowest BCUT2D eigenvalue weighted by molar-refractivity contribution is -0.123. The van der Waals surface area contributed by atoms with E-state index in [-0.39, 0.29) is 23.8 Å². The number of carbonyl (C=O) groups excluding carboxylic acids is 2. The molecule has 2 heterocycles. The summed E-state index contributed by atoms with van der Waals surface area (Å²) in [7, 11) is 0. The molecule has 2 aliphatic heterocycles. The lowest BCUT2D eigenvalue weighted by atomic mass is 9.97. The number of hydrogen-bond donors (Lipinski definition) is 2. The highest BCUT2D eigenvalue weighted by Gasteiger charge is 2.24. The quantitative estimate of drug-likeness (QED) is 0.820. The highest BCUT2D eigenvalue weighted by atomic mass is 16.5. The second-order valence-corrected chi connectivity index (χ2v) is 6.97. The molecular weight excluding hydrogens is 318 g/mol. The lowest BCUT2D eigenvalue weighted by Crippen LogP contribution is -2.41. The van der Waals surface area contributed by atoms with Crippen LogP contribution in [-0.2, 0) is 20.9 Å². The van der Waals surface area contributed by atoms with Crippen molar-refractivity contribution in [2.45, 2.75) is 44.8 Å². The maximum atomic E-state index is 11.9. The fraction of sp³-hybridized carbons (Fsp3) is 0.579. The van der Waals surface area contributed by atoms with Gasteiger partial charge in [0.25, 0.3) is 0 Å². The molecule has 1 aromatic rings. The number of benzene rings is 1. The van der Waals surface area contributed by atoms with Crippen LogP contribution in [0, 0.1) is 5.92 Å². The van der Waals surface area contributed by atoms with Crippen molar-refractivity contribution in [3.63, 3.8) is 0 Å². The van der Waals surface area contributed by atoms with E-state index >= 15 is 0 Å². The Bertz CT molecular complexity index is 596. The highest BCUT2D eigenvalue weighted by molar-refractivity contribution is 5.77. The van der Waals surface area contributed by atoms with Crippen molar-refractivity contribution >= 4 is 17.5 Å². The molecule has 2 saturated heterocycles. The maximum Gasteiger partial charge on any atom is 0.222 e. The van der Waals surface area contributed by atoms with Crippen molar-refractivity contribution in [3.05, 3.63) is 29.8 Å². The van der Waals surface area contributed by atoms with Crippen LogP contribution in [0.4, 0.5) is 5.69 Å². The summed E-state index contributed by atoms with van der Waals surface area (Å²) in [6.07, 6.45) is 4.41. The molecule has 0 aromatic heterocycles. The molecule has 2 amide bonds. The molecule has 6 heteroatoms. The summed E-state index contributed by atoms with van der Waals surface area (Å²) in [5, 5.41) is 2.95. The summed E-state index contributed by atoms with van der Waals surface area (Å²) >= 11 is 0. The van der Waals surface area contributed by atoms with Crippen LogP contribution >= 0.6 is 0 Å². The first kappa shape index (κ1) is 17.7. The van der Waals surface area contributed by atoms with E-state index in [0.29, 0.717) is 19.5 Å². The lowest BCUT2D eigenvalue weighted by Gasteiger charge is -2.33. The van der Waals surface area contributed by atoms with E-state index in [1.165, 1.54) is 0 Å². The van der Waals surface area contributed by atoms with Crippen molar-refractivity contribution in [1.82, 2.24) is 5.32 Å². The molecule has 0 bridgehead atoms. The first-order chi connectivity index (χ1) is 12.1. The van der Waals surface area contributed by atoms with Gasteiger partial charge in [-0.15, -0.1) is 0 Å². The van der Waals surface area contributed by atoms with Gasteiger partial charge >= 0.3 is 0 Å². The van der Waals surface area contributed by atoms with E-state index in [2.05, 4.69) is 10.2 Å². The van der Waals surface area contributed by atoms with Gasteiger partial charge in [-0.2, -0.15) is 0 Å². The molecule has 2 fully saturated rings. The van der Waals surface area contributed by atoms with Gasteiger partial charge in [-0.25, -0.2) is 0 Å². The third kappa shape index (κ3) is 4.95. The van der Waals surface area contributed by atoms with Gasteiger partial charge in [-0.1, -0.05) is 12.1 Å². The molecular formula is C19H27N3O3. The number of rotatable bonds is 6. The zero-order valence-electron chi connectivity index (χ0n) is 14.6. The SMILES string of the molecule is NC(=O)[C@@H]1CCCN(c2ccc(CNC(=O)C[C@@H]3CCCO3)cc2)C1. The monoisotopic (exact) mass is 345 g/mol. The van der Waals surface area contributed by atoms with Crippen LogP contribution in [0.2, 0.25) is 0 Å². The van der Waals surface area contributed by atoms with Crippen LogP contribution in [0.1, 0.15) is 37.7 Å². The van der Waals surface area contributed by atoms with Crippen molar-refractivity contribution in [2.75, 3.05) is 24.6 Å². The Morgan fingerprint density at radius 1 is 1.20 bits per heavy atom. The van der Waals surface area contributed by atoms with E-state index in [1.807, 2.05) is 24.3 Å². The number of nitrogens with two attached hydrogens (primary N) is 1. The minimum absolute atomic E-state index is 0.0382. The number of hydrogen-bond acceptors (Lipinski definition) is 4. The minimum atomic E-state index is -0.213. The average molecular weight is 345 g/mol. The molecule has 3 N–H and O–H groups in total. The molecule has 2 aliphatic rings. The van der Waals surface area contributed by atoms with Crippen LogP contribution < -0.4 is 16.0 Å². The van der Waals surface area contributed by atoms with Crippen LogP contribution in [0.3, 0.4) is 0 Å². The van der Waals surface area contributed by atoms with Gasteiger partial charge in [0, 0.05) is 31.9 Å². The Morgan fingerprint density at radius 2 is 2.00 bits per heavy atom. The molecule has 0 spiro atoms. The summed E-state index contributed by atoms with van der Waals surface area (Å²) in [5.41, 5.74) is 7.60. The van der Waals surface area contributed by atoms with Gasteiger partial charge in [-0.3, -0.25) is 9.59 Å². The van der Waals surface area contributed by atoms with Crippen LogP contribution in [0.25, 0.3) is 0 Å². The topological polar surface area (TPSA) is 84.7 Å². The molecule has 25 heavy (non-hydrogen) atoms. The second kappa shape index (κ2) is 8.34. The predicted molar refractivity (Wildman–Crippen MR) is 96.0 cm³/mol. The summed E-state index contributed by atoms with van der Waals surface area (Å²) in [5.74, 6) is -0.239. The molecule has 0 unspecified atom stereocenters. The normalized spacial score (nSPS) is 23.4.